The number of piperidine rings is 1. The highest BCUT2D eigenvalue weighted by molar-refractivity contribution is 5.95. The van der Waals surface area contributed by atoms with Crippen LogP contribution in [0.2, 0.25) is 0 Å². The number of hydrogen-bond acceptors (Lipinski definition) is 2. The van der Waals surface area contributed by atoms with Gasteiger partial charge in [0.05, 0.1) is 11.1 Å². The average Bonchev–Trinajstić information content (AvgIpc) is 2.72. The summed E-state index contributed by atoms with van der Waals surface area (Å²) in [6.07, 6.45) is -10.8. The Morgan fingerprint density at radius 2 is 1.55 bits per heavy atom. The van der Waals surface area contributed by atoms with Crippen molar-refractivity contribution >= 4 is 12.0 Å². The SMILES string of the molecule is O=C(O)NC1CCN(C(=O)c2cc(C(F)(F)F)cc(C(F)(F)F)c2)C(Cc2ccccc2)C1. The summed E-state index contributed by atoms with van der Waals surface area (Å²) in [6, 6.07) is 8.47. The van der Waals surface area contributed by atoms with Crippen LogP contribution in [0.4, 0.5) is 31.1 Å². The molecular formula is C22H20F6N2O3. The largest absolute Gasteiger partial charge is 0.465 e. The van der Waals surface area contributed by atoms with Gasteiger partial charge in [-0.3, -0.25) is 4.79 Å². The normalized spacial score (nSPS) is 19.3. The zero-order valence-electron chi connectivity index (χ0n) is 17.1. The van der Waals surface area contributed by atoms with Gasteiger partial charge in [-0.1, -0.05) is 30.3 Å². The van der Waals surface area contributed by atoms with Gasteiger partial charge in [0, 0.05) is 24.2 Å². The molecule has 1 fully saturated rings. The maximum Gasteiger partial charge on any atom is 0.416 e. The molecule has 1 heterocycles. The Hall–Kier alpha value is -3.24. The maximum atomic E-state index is 13.2. The van der Waals surface area contributed by atoms with E-state index in [1.165, 1.54) is 4.90 Å². The fourth-order valence-corrected chi connectivity index (χ4v) is 3.95. The minimum Gasteiger partial charge on any atom is -0.465 e. The molecule has 1 saturated heterocycles. The van der Waals surface area contributed by atoms with Crippen LogP contribution in [0.1, 0.15) is 39.9 Å². The lowest BCUT2D eigenvalue weighted by Gasteiger charge is -2.40. The van der Waals surface area contributed by atoms with E-state index in [9.17, 15) is 35.9 Å². The van der Waals surface area contributed by atoms with Crippen LogP contribution in [0.15, 0.2) is 48.5 Å². The zero-order valence-corrected chi connectivity index (χ0v) is 17.1. The molecule has 0 spiro atoms. The molecule has 178 valence electrons. The van der Waals surface area contributed by atoms with Crippen molar-refractivity contribution in [3.63, 3.8) is 0 Å². The van der Waals surface area contributed by atoms with Crippen LogP contribution in [-0.4, -0.2) is 40.6 Å². The molecule has 0 aromatic heterocycles. The third-order valence-corrected chi connectivity index (χ3v) is 5.45. The van der Waals surface area contributed by atoms with E-state index in [0.29, 0.717) is 12.1 Å². The van der Waals surface area contributed by atoms with Gasteiger partial charge in [0.25, 0.3) is 5.91 Å². The zero-order chi connectivity index (χ0) is 24.4. The molecule has 11 heteroatoms. The number of rotatable bonds is 4. The van der Waals surface area contributed by atoms with Crippen molar-refractivity contribution in [2.45, 2.75) is 43.7 Å². The van der Waals surface area contributed by atoms with Crippen LogP contribution in [0.25, 0.3) is 0 Å². The summed E-state index contributed by atoms with van der Waals surface area (Å²) in [5.74, 6) is -0.971. The number of amides is 2. The average molecular weight is 474 g/mol. The van der Waals surface area contributed by atoms with Crippen molar-refractivity contribution < 1.29 is 41.0 Å². The highest BCUT2D eigenvalue weighted by atomic mass is 19.4. The van der Waals surface area contributed by atoms with E-state index < -0.39 is 53.1 Å². The molecule has 33 heavy (non-hydrogen) atoms. The second-order valence-corrected chi connectivity index (χ2v) is 7.81. The maximum absolute atomic E-state index is 13.2. The number of carbonyl (C=O) groups excluding carboxylic acids is 1. The number of nitrogens with zero attached hydrogens (tertiary/aromatic N) is 1. The number of carbonyl (C=O) groups is 2. The first-order valence-electron chi connectivity index (χ1n) is 9.98. The summed E-state index contributed by atoms with van der Waals surface area (Å²) in [7, 11) is 0. The molecule has 2 N–H and O–H groups in total. The Morgan fingerprint density at radius 1 is 0.970 bits per heavy atom. The fraction of sp³-hybridized carbons (Fsp3) is 0.364. The lowest BCUT2D eigenvalue weighted by atomic mass is 9.91. The Morgan fingerprint density at radius 3 is 2.06 bits per heavy atom. The number of nitrogens with one attached hydrogen (secondary N) is 1. The number of benzene rings is 2. The molecule has 0 radical (unpaired) electrons. The van der Waals surface area contributed by atoms with Crippen molar-refractivity contribution in [2.75, 3.05) is 6.54 Å². The van der Waals surface area contributed by atoms with Gasteiger partial charge < -0.3 is 15.3 Å². The number of likely N-dealkylation sites (tertiary alicyclic amines) is 1. The number of halogens is 6. The Kier molecular flexibility index (Phi) is 6.89. The van der Waals surface area contributed by atoms with Gasteiger partial charge >= 0.3 is 18.4 Å². The van der Waals surface area contributed by atoms with Crippen molar-refractivity contribution in [3.05, 3.63) is 70.8 Å². The monoisotopic (exact) mass is 474 g/mol. The van der Waals surface area contributed by atoms with Gasteiger partial charge in [-0.25, -0.2) is 4.79 Å². The van der Waals surface area contributed by atoms with E-state index in [1.807, 2.05) is 0 Å². The van der Waals surface area contributed by atoms with Crippen LogP contribution in [0.5, 0.6) is 0 Å². The third kappa shape index (κ3) is 6.17. The molecule has 5 nitrogen and oxygen atoms in total. The molecule has 2 amide bonds. The molecule has 0 saturated carbocycles. The molecule has 1 aliphatic rings. The van der Waals surface area contributed by atoms with Crippen LogP contribution < -0.4 is 5.32 Å². The second-order valence-electron chi connectivity index (χ2n) is 7.81. The summed E-state index contributed by atoms with van der Waals surface area (Å²) in [6.45, 7) is -0.0289. The van der Waals surface area contributed by atoms with E-state index in [4.69, 9.17) is 5.11 Å². The number of alkyl halides is 6. The second kappa shape index (κ2) is 9.32. The first kappa shape index (κ1) is 24.4. The van der Waals surface area contributed by atoms with E-state index in [0.717, 1.165) is 5.56 Å². The summed E-state index contributed by atoms with van der Waals surface area (Å²) >= 11 is 0. The molecule has 2 aromatic carbocycles. The lowest BCUT2D eigenvalue weighted by molar-refractivity contribution is -0.143. The fourth-order valence-electron chi connectivity index (χ4n) is 3.95. The van der Waals surface area contributed by atoms with Gasteiger partial charge in [0.1, 0.15) is 0 Å². The van der Waals surface area contributed by atoms with Gasteiger partial charge in [0.15, 0.2) is 0 Å². The summed E-state index contributed by atoms with van der Waals surface area (Å²) < 4.78 is 79.3. The molecule has 2 unspecified atom stereocenters. The van der Waals surface area contributed by atoms with Crippen LogP contribution in [0.3, 0.4) is 0 Å². The highest BCUT2D eigenvalue weighted by Crippen LogP contribution is 2.37. The van der Waals surface area contributed by atoms with Crippen LogP contribution in [0, 0.1) is 0 Å². The molecule has 2 atom stereocenters. The molecule has 1 aliphatic heterocycles. The third-order valence-electron chi connectivity index (χ3n) is 5.45. The highest BCUT2D eigenvalue weighted by Gasteiger charge is 2.39. The minimum atomic E-state index is -5.07. The molecule has 2 aromatic rings. The first-order chi connectivity index (χ1) is 15.3. The summed E-state index contributed by atoms with van der Waals surface area (Å²) in [5, 5.41) is 11.3. The summed E-state index contributed by atoms with van der Waals surface area (Å²) in [4.78, 5) is 25.4. The van der Waals surface area contributed by atoms with E-state index in [-0.39, 0.29) is 31.9 Å². The Labute approximate surface area is 185 Å². The van der Waals surface area contributed by atoms with Crippen molar-refractivity contribution in [2.24, 2.45) is 0 Å². The van der Waals surface area contributed by atoms with Gasteiger partial charge in [0.2, 0.25) is 0 Å². The number of hydrogen-bond donors (Lipinski definition) is 2. The molecular weight excluding hydrogens is 454 g/mol. The molecule has 0 bridgehead atoms. The molecule has 0 aliphatic carbocycles. The standard InChI is InChI=1S/C22H20F6N2O3/c23-21(24,25)15-9-14(10-16(11-15)22(26,27)28)19(31)30-7-6-17(29-20(32)33)12-18(30)8-13-4-2-1-3-5-13/h1-5,9-11,17-18,29H,6-8,12H2,(H,32,33). The lowest BCUT2D eigenvalue weighted by Crippen LogP contribution is -2.52. The van der Waals surface area contributed by atoms with E-state index in [2.05, 4.69) is 5.32 Å². The predicted octanol–water partition coefficient (Wildman–Crippen LogP) is 5.21. The smallest absolute Gasteiger partial charge is 0.416 e. The van der Waals surface area contributed by atoms with E-state index in [1.54, 1.807) is 30.3 Å². The first-order valence-corrected chi connectivity index (χ1v) is 9.98. The van der Waals surface area contributed by atoms with Gasteiger partial charge in [-0.2, -0.15) is 26.3 Å². The number of carboxylic acid groups (broad SMARTS) is 1. The van der Waals surface area contributed by atoms with Crippen molar-refractivity contribution in [1.29, 1.82) is 0 Å². The minimum absolute atomic E-state index is 0.0265. The topological polar surface area (TPSA) is 69.6 Å². The van der Waals surface area contributed by atoms with E-state index >= 15 is 0 Å². The van der Waals surface area contributed by atoms with Crippen molar-refractivity contribution in [3.8, 4) is 0 Å². The Balaban J connectivity index is 1.96. The van der Waals surface area contributed by atoms with Gasteiger partial charge in [-0.05, 0) is 43.0 Å². The van der Waals surface area contributed by atoms with Crippen molar-refractivity contribution in [1.82, 2.24) is 10.2 Å². The Bertz CT molecular complexity index is 975. The summed E-state index contributed by atoms with van der Waals surface area (Å²) in [5.41, 5.74) is -3.07. The molecule has 3 rings (SSSR count). The quantitative estimate of drug-likeness (QED) is 0.598. The van der Waals surface area contributed by atoms with Gasteiger partial charge in [-0.15, -0.1) is 0 Å². The van der Waals surface area contributed by atoms with Crippen LogP contribution in [-0.2, 0) is 18.8 Å². The van der Waals surface area contributed by atoms with Crippen LogP contribution >= 0.6 is 0 Å². The predicted molar refractivity (Wildman–Crippen MR) is 106 cm³/mol.